The number of hydrogen-bond donors (Lipinski definition) is 1. The second kappa shape index (κ2) is 10.6. The maximum Gasteiger partial charge on any atom is 0.261 e. The van der Waals surface area contributed by atoms with E-state index >= 15 is 0 Å². The molecule has 1 heterocycles. The lowest BCUT2D eigenvalue weighted by Crippen LogP contribution is -2.50. The van der Waals surface area contributed by atoms with E-state index < -0.39 is 10.0 Å². The summed E-state index contributed by atoms with van der Waals surface area (Å²) in [6.45, 7) is 6.41. The fourth-order valence-electron chi connectivity index (χ4n) is 3.86. The van der Waals surface area contributed by atoms with Crippen molar-refractivity contribution >= 4 is 38.9 Å². The van der Waals surface area contributed by atoms with E-state index in [4.69, 9.17) is 16.3 Å². The zero-order chi connectivity index (χ0) is 25.0. The Kier molecular flexibility index (Phi) is 7.52. The van der Waals surface area contributed by atoms with Crippen molar-refractivity contribution in [1.29, 1.82) is 0 Å². The van der Waals surface area contributed by atoms with Gasteiger partial charge < -0.3 is 14.5 Å². The van der Waals surface area contributed by atoms with E-state index in [0.717, 1.165) is 16.8 Å². The highest BCUT2D eigenvalue weighted by molar-refractivity contribution is 7.92. The number of halogens is 1. The first-order valence-corrected chi connectivity index (χ1v) is 13.2. The van der Waals surface area contributed by atoms with Crippen molar-refractivity contribution in [1.82, 2.24) is 4.90 Å². The molecule has 35 heavy (non-hydrogen) atoms. The van der Waals surface area contributed by atoms with Gasteiger partial charge in [-0.05, 0) is 79.6 Å². The van der Waals surface area contributed by atoms with Crippen molar-refractivity contribution in [3.63, 3.8) is 0 Å². The number of rotatable bonds is 7. The second-order valence-corrected chi connectivity index (χ2v) is 10.6. The van der Waals surface area contributed by atoms with Crippen LogP contribution in [0.4, 0.5) is 11.4 Å². The van der Waals surface area contributed by atoms with Crippen LogP contribution in [0.25, 0.3) is 0 Å². The lowest BCUT2D eigenvalue weighted by atomic mass is 10.1. The summed E-state index contributed by atoms with van der Waals surface area (Å²) in [5, 5.41) is 0.689. The van der Waals surface area contributed by atoms with Crippen LogP contribution in [0.1, 0.15) is 11.1 Å². The Morgan fingerprint density at radius 3 is 2.31 bits per heavy atom. The average Bonchev–Trinajstić information content (AvgIpc) is 2.85. The van der Waals surface area contributed by atoms with Crippen LogP contribution in [0.2, 0.25) is 5.02 Å². The minimum atomic E-state index is -3.73. The van der Waals surface area contributed by atoms with Crippen LogP contribution in [0.5, 0.6) is 5.75 Å². The van der Waals surface area contributed by atoms with Crippen LogP contribution >= 0.6 is 11.6 Å². The zero-order valence-electron chi connectivity index (χ0n) is 19.7. The molecular formula is C26H28ClN3O4S. The molecule has 1 saturated heterocycles. The molecule has 4 rings (SSSR count). The van der Waals surface area contributed by atoms with Crippen LogP contribution in [0.3, 0.4) is 0 Å². The van der Waals surface area contributed by atoms with Gasteiger partial charge in [-0.1, -0.05) is 23.7 Å². The van der Waals surface area contributed by atoms with E-state index in [1.165, 1.54) is 12.1 Å². The topological polar surface area (TPSA) is 78.9 Å². The number of carbonyl (C=O) groups is 1. The number of carbonyl (C=O) groups excluding carboxylic acids is 1. The number of piperazine rings is 1. The van der Waals surface area contributed by atoms with Crippen LogP contribution in [0.15, 0.2) is 71.6 Å². The maximum atomic E-state index is 12.7. The number of ether oxygens (including phenoxy) is 1. The molecular weight excluding hydrogens is 486 g/mol. The Bertz CT molecular complexity index is 1300. The van der Waals surface area contributed by atoms with Gasteiger partial charge >= 0.3 is 0 Å². The van der Waals surface area contributed by atoms with Crippen LogP contribution in [0, 0.1) is 13.8 Å². The number of benzene rings is 3. The van der Waals surface area contributed by atoms with Gasteiger partial charge in [-0.15, -0.1) is 0 Å². The molecule has 9 heteroatoms. The number of aryl methyl sites for hydroxylation is 2. The summed E-state index contributed by atoms with van der Waals surface area (Å²) >= 11 is 6.08. The van der Waals surface area contributed by atoms with Crippen LogP contribution in [-0.2, 0) is 14.8 Å². The normalized spacial score (nSPS) is 14.0. The largest absolute Gasteiger partial charge is 0.484 e. The molecule has 7 nitrogen and oxygen atoms in total. The molecule has 1 amide bonds. The number of nitrogens with one attached hydrogen (secondary N) is 1. The fraction of sp³-hybridized carbons (Fsp3) is 0.269. The molecule has 1 fully saturated rings. The summed E-state index contributed by atoms with van der Waals surface area (Å²) in [7, 11) is -3.73. The highest BCUT2D eigenvalue weighted by Crippen LogP contribution is 2.22. The number of amides is 1. The van der Waals surface area contributed by atoms with E-state index in [0.29, 0.717) is 42.6 Å². The van der Waals surface area contributed by atoms with Gasteiger partial charge in [0.1, 0.15) is 5.75 Å². The fourth-order valence-corrected chi connectivity index (χ4v) is 5.09. The predicted octanol–water partition coefficient (Wildman–Crippen LogP) is 4.49. The summed E-state index contributed by atoms with van der Waals surface area (Å²) in [5.74, 6) is 0.324. The maximum absolute atomic E-state index is 12.7. The molecule has 0 saturated carbocycles. The van der Waals surface area contributed by atoms with E-state index in [1.807, 2.05) is 44.2 Å². The lowest BCUT2D eigenvalue weighted by Gasteiger charge is -2.36. The van der Waals surface area contributed by atoms with Gasteiger partial charge in [-0.25, -0.2) is 8.42 Å². The summed E-state index contributed by atoms with van der Waals surface area (Å²) in [4.78, 5) is 16.7. The SMILES string of the molecule is Cc1ccc(NS(=O)(=O)c2ccc(OCC(=O)N3CCN(c4cccc(Cl)c4)CC3)cc2)cc1C. The minimum absolute atomic E-state index is 0.107. The number of nitrogens with zero attached hydrogens (tertiary/aromatic N) is 2. The Balaban J connectivity index is 1.29. The molecule has 0 aliphatic carbocycles. The molecule has 3 aromatic carbocycles. The molecule has 3 aromatic rings. The zero-order valence-corrected chi connectivity index (χ0v) is 21.3. The van der Waals surface area contributed by atoms with Gasteiger partial charge in [0.25, 0.3) is 15.9 Å². The van der Waals surface area contributed by atoms with Gasteiger partial charge in [0, 0.05) is 42.6 Å². The smallest absolute Gasteiger partial charge is 0.261 e. The van der Waals surface area contributed by atoms with Gasteiger partial charge in [0.05, 0.1) is 4.90 Å². The molecule has 1 aliphatic rings. The molecule has 184 valence electrons. The molecule has 0 radical (unpaired) electrons. The highest BCUT2D eigenvalue weighted by atomic mass is 35.5. The number of anilines is 2. The van der Waals surface area contributed by atoms with Crippen molar-refractivity contribution in [2.75, 3.05) is 42.4 Å². The third-order valence-corrected chi connectivity index (χ3v) is 7.69. The van der Waals surface area contributed by atoms with Gasteiger partial charge in [0.2, 0.25) is 0 Å². The van der Waals surface area contributed by atoms with Crippen LogP contribution < -0.4 is 14.4 Å². The third-order valence-electron chi connectivity index (χ3n) is 6.06. The molecule has 0 spiro atoms. The monoisotopic (exact) mass is 513 g/mol. The summed E-state index contributed by atoms with van der Waals surface area (Å²) in [5.41, 5.74) is 3.65. The van der Waals surface area contributed by atoms with E-state index in [9.17, 15) is 13.2 Å². The molecule has 1 N–H and O–H groups in total. The second-order valence-electron chi connectivity index (χ2n) is 8.51. The molecule has 0 bridgehead atoms. The first-order valence-electron chi connectivity index (χ1n) is 11.3. The quantitative estimate of drug-likeness (QED) is 0.503. The summed E-state index contributed by atoms with van der Waals surface area (Å²) in [6.07, 6.45) is 0. The first kappa shape index (κ1) is 24.9. The molecule has 1 aliphatic heterocycles. The Hall–Kier alpha value is -3.23. The lowest BCUT2D eigenvalue weighted by molar-refractivity contribution is -0.133. The van der Waals surface area contributed by atoms with Crippen molar-refractivity contribution in [3.8, 4) is 5.75 Å². The molecule has 0 unspecified atom stereocenters. The van der Waals surface area contributed by atoms with E-state index in [1.54, 1.807) is 29.2 Å². The van der Waals surface area contributed by atoms with Gasteiger partial charge in [-0.3, -0.25) is 9.52 Å². The standard InChI is InChI=1S/C26H28ClN3O4S/c1-19-6-7-22(16-20(19)2)28-35(32,33)25-10-8-24(9-11-25)34-18-26(31)30-14-12-29(13-15-30)23-5-3-4-21(27)17-23/h3-11,16-17,28H,12-15,18H2,1-2H3. The minimum Gasteiger partial charge on any atom is -0.484 e. The average molecular weight is 514 g/mol. The third kappa shape index (κ3) is 6.26. The summed E-state index contributed by atoms with van der Waals surface area (Å²) < 4.78 is 33.6. The van der Waals surface area contributed by atoms with Gasteiger partial charge in [-0.2, -0.15) is 0 Å². The van der Waals surface area contributed by atoms with Crippen LogP contribution in [-0.4, -0.2) is 52.0 Å². The molecule has 0 aromatic heterocycles. The van der Waals surface area contributed by atoms with Crippen molar-refractivity contribution in [3.05, 3.63) is 82.9 Å². The van der Waals surface area contributed by atoms with Gasteiger partial charge in [0.15, 0.2) is 6.61 Å². The number of sulfonamides is 1. The van der Waals surface area contributed by atoms with E-state index in [-0.39, 0.29) is 17.4 Å². The van der Waals surface area contributed by atoms with Crippen molar-refractivity contribution in [2.45, 2.75) is 18.7 Å². The Labute approximate surface area is 211 Å². The van der Waals surface area contributed by atoms with Crippen molar-refractivity contribution in [2.24, 2.45) is 0 Å². The number of hydrogen-bond acceptors (Lipinski definition) is 5. The molecule has 0 atom stereocenters. The van der Waals surface area contributed by atoms with Crippen molar-refractivity contribution < 1.29 is 17.9 Å². The Morgan fingerprint density at radius 1 is 0.943 bits per heavy atom. The first-order chi connectivity index (χ1) is 16.7. The highest BCUT2D eigenvalue weighted by Gasteiger charge is 2.22. The summed E-state index contributed by atoms with van der Waals surface area (Å²) in [6, 6.07) is 19.1. The Morgan fingerprint density at radius 2 is 1.66 bits per heavy atom. The van der Waals surface area contributed by atoms with E-state index in [2.05, 4.69) is 9.62 Å². The predicted molar refractivity (Wildman–Crippen MR) is 139 cm³/mol.